The van der Waals surface area contributed by atoms with Crippen molar-refractivity contribution in [1.29, 1.82) is 0 Å². The second-order valence-electron chi connectivity index (χ2n) is 26.2. The fraction of sp³-hybridized carbons (Fsp3) is 0.441. The number of nitrogens with one attached hydrogen (secondary N) is 7. The Labute approximate surface area is 597 Å². The molecule has 33 nitrogen and oxygen atoms in total. The molecule has 5 aromatic rings. The van der Waals surface area contributed by atoms with Crippen molar-refractivity contribution in [3.63, 3.8) is 0 Å². The van der Waals surface area contributed by atoms with Crippen molar-refractivity contribution in [2.45, 2.75) is 170 Å². The van der Waals surface area contributed by atoms with Gasteiger partial charge < -0.3 is 123 Å². The number of aliphatic hydroxyl groups excluding tert-OH is 6. The molecule has 5 aliphatic heterocycles. The molecule has 10 rings (SSSR count). The van der Waals surface area contributed by atoms with Gasteiger partial charge in [0, 0.05) is 34.2 Å². The molecule has 0 aliphatic carbocycles. The molecule has 2 saturated heterocycles. The first kappa shape index (κ1) is 78.1. The van der Waals surface area contributed by atoms with Gasteiger partial charge in [0.2, 0.25) is 47.5 Å². The summed E-state index contributed by atoms with van der Waals surface area (Å²) in [6.07, 6.45) is -17.9. The van der Waals surface area contributed by atoms with Crippen molar-refractivity contribution in [2.24, 2.45) is 17.4 Å². The number of fused-ring (bicyclic) bond motifs is 8. The monoisotopic (exact) mass is 1480 g/mol. The second kappa shape index (κ2) is 31.9. The van der Waals surface area contributed by atoms with Crippen LogP contribution >= 0.6 is 23.2 Å². The van der Waals surface area contributed by atoms with E-state index in [-0.39, 0.29) is 52.5 Å². The first-order valence-electron chi connectivity index (χ1n) is 32.3. The quantitative estimate of drug-likeness (QED) is 0.0520. The number of primary amides is 1. The number of carbonyl (C=O) groups excluding carboxylic acids is 7. The largest absolute Gasteiger partial charge is 0.508 e. The number of ketones is 1. The van der Waals surface area contributed by atoms with Gasteiger partial charge in [-0.3, -0.25) is 33.6 Å². The lowest BCUT2D eigenvalue weighted by Crippen LogP contribution is -2.64. The van der Waals surface area contributed by atoms with Crippen LogP contribution in [0, 0.1) is 12.8 Å². The first-order valence-corrected chi connectivity index (χ1v) is 33.0. The van der Waals surface area contributed by atoms with E-state index in [2.05, 4.69) is 31.9 Å². The molecule has 555 valence electrons. The van der Waals surface area contributed by atoms with Gasteiger partial charge in [-0.2, -0.15) is 0 Å². The molecule has 18 atom stereocenters. The Balaban J connectivity index is 1.23. The fourth-order valence-electron chi connectivity index (χ4n) is 12.3. The number of halogens is 2. The van der Waals surface area contributed by atoms with Crippen LogP contribution in [-0.2, 0) is 52.6 Å². The van der Waals surface area contributed by atoms with Gasteiger partial charge in [-0.25, -0.2) is 10.5 Å². The van der Waals surface area contributed by atoms with E-state index in [1.165, 1.54) is 33.9 Å². The smallest absolute Gasteiger partial charge is 0.330 e. The third-order valence-electron chi connectivity index (χ3n) is 18.1. The summed E-state index contributed by atoms with van der Waals surface area (Å²) in [5, 5.41) is 128. The highest BCUT2D eigenvalue weighted by Crippen LogP contribution is 2.50. The number of aliphatic carboxylic acids is 1. The molecule has 5 aromatic carbocycles. The average molecular weight is 1480 g/mol. The van der Waals surface area contributed by atoms with E-state index < -0.39 is 236 Å². The minimum absolute atomic E-state index is 0.0546. The number of hydrogen-bond donors (Lipinski definition) is 18. The number of phenolic OH excluding ortho intramolecular Hbond substituents is 3. The van der Waals surface area contributed by atoms with Crippen LogP contribution in [0.3, 0.4) is 0 Å². The standard InChI is InChI=1S/C68H80Cl2N9O24/c1-24(2)14-37(74-7)61(91)78-51(64(94)75-36(26(4)81)21-45(71)84)54(86)29-9-12-40(34(69)16-29)99-42-18-31-19-43(58(42)103-67-59(57(89)56(88)44(23-80)101-67)102-46-22-68(6,73)60(90)27(5)98-46)100-41-13-10-30(17-35(41)70)55(87)52-65(95)77-50(66(96)97)33-20-39(83)25(3)53(85)47(33)32-15-28(8-11-38(32)82)49(63(93)79-52)76-62(92)48(31)72/h8-13,15-20,24,27,36-37,44,46,48-52,54-57,59-60,67,72,74,80,82-83,85-90H,14,21-23,73H2,1-7H3,(H2,71,84)(H,75,94)(H,76,92)(H,77,95)(H,78,91)(H,79,93)(H,96,97)/t27-,36-,37+,44+,46-,48+,49+,50-,51?,52-,54+,55+,56+,57-,59+,60+,67-,68-/m0/s1. The summed E-state index contributed by atoms with van der Waals surface area (Å²) >= 11 is 14.1. The van der Waals surface area contributed by atoms with E-state index in [1.54, 1.807) is 0 Å². The number of aromatic hydroxyl groups is 3. The van der Waals surface area contributed by atoms with E-state index >= 15 is 9.59 Å². The topological polar surface area (TPSA) is 542 Å². The molecule has 1 unspecified atom stereocenters. The predicted octanol–water partition coefficient (Wildman–Crippen LogP) is 1.16. The highest BCUT2D eigenvalue weighted by Gasteiger charge is 2.51. The molecule has 35 heteroatoms. The van der Waals surface area contributed by atoms with Crippen LogP contribution < -0.4 is 63.3 Å². The van der Waals surface area contributed by atoms with Gasteiger partial charge in [0.1, 0.15) is 83.4 Å². The molecule has 8 bridgehead atoms. The summed E-state index contributed by atoms with van der Waals surface area (Å²) < 4.78 is 38.1. The average Bonchev–Trinajstić information content (AvgIpc) is 0.765. The number of benzene rings is 5. The lowest BCUT2D eigenvalue weighted by atomic mass is 9.86. The minimum Gasteiger partial charge on any atom is -0.508 e. The van der Waals surface area contributed by atoms with E-state index in [0.717, 1.165) is 73.7 Å². The number of amides is 6. The van der Waals surface area contributed by atoms with E-state index in [1.807, 2.05) is 13.8 Å². The normalized spacial score (nSPS) is 26.8. The zero-order valence-electron chi connectivity index (χ0n) is 56.2. The maximum absolute atomic E-state index is 15.1. The first-order chi connectivity index (χ1) is 48.4. The number of aliphatic hydroxyl groups is 6. The summed E-state index contributed by atoms with van der Waals surface area (Å²) in [6.45, 7) is 8.03. The van der Waals surface area contributed by atoms with Gasteiger partial charge in [0.15, 0.2) is 35.7 Å². The molecule has 21 N–H and O–H groups in total. The molecule has 103 heavy (non-hydrogen) atoms. The Morgan fingerprint density at radius 3 is 2.13 bits per heavy atom. The fourth-order valence-corrected chi connectivity index (χ4v) is 12.8. The summed E-state index contributed by atoms with van der Waals surface area (Å²) in [6, 6.07) is -0.0185. The zero-order valence-corrected chi connectivity index (χ0v) is 57.8. The molecule has 0 saturated carbocycles. The van der Waals surface area contributed by atoms with Crippen molar-refractivity contribution in [3.05, 3.63) is 116 Å². The molecule has 6 amide bonds. The van der Waals surface area contributed by atoms with Gasteiger partial charge in [0.25, 0.3) is 0 Å². The number of nitrogens with two attached hydrogens (primary N) is 2. The number of carbonyl (C=O) groups is 8. The number of carboxylic acids is 1. The van der Waals surface area contributed by atoms with Crippen LogP contribution in [0.5, 0.6) is 46.0 Å². The molecular formula is C68H80Cl2N9O24. The molecule has 0 spiro atoms. The van der Waals surface area contributed by atoms with Crippen LogP contribution in [0.15, 0.2) is 72.8 Å². The van der Waals surface area contributed by atoms with E-state index in [4.69, 9.17) is 63.1 Å². The van der Waals surface area contributed by atoms with Crippen molar-refractivity contribution in [2.75, 3.05) is 13.7 Å². The summed E-state index contributed by atoms with van der Waals surface area (Å²) in [5.74, 6) is -14.1. The maximum Gasteiger partial charge on any atom is 0.330 e. The minimum atomic E-state index is -2.25. The number of Topliss-reactive ketones (excluding diaryl/α,β-unsaturated/α-hetero) is 1. The van der Waals surface area contributed by atoms with Gasteiger partial charge in [-0.15, -0.1) is 0 Å². The van der Waals surface area contributed by atoms with E-state index in [9.17, 15) is 85.6 Å². The third-order valence-corrected chi connectivity index (χ3v) is 18.7. The van der Waals surface area contributed by atoms with Gasteiger partial charge in [-0.05, 0) is 124 Å². The van der Waals surface area contributed by atoms with Gasteiger partial charge >= 0.3 is 5.97 Å². The SMILES string of the molecule is CN[C@H](CC(C)C)C(=O)NC(C(=O)N[C@@H](CC(N)=O)C(C)=O)[C@H](O)c1ccc(Oc2cc3cc(c2O[C@@H]2O[C@H](CO)[C@@H](O)[C@H](O)[C@H]2O[C@H]2C[C@](C)(N)[C@H](O)[C@H](C)O2)Oc2ccc(cc2Cl)[C@@H](O)[C@@H]2NC(=O)[C@H](NC(=O)[C@@H]3[NH])c3ccc(O)c(c3)-c3c(cc(O)c(C)c3O)[C@@H](C(=O)O)NC2=O)c(Cl)c1. The van der Waals surface area contributed by atoms with Crippen LogP contribution in [0.1, 0.15) is 118 Å². The summed E-state index contributed by atoms with van der Waals surface area (Å²) in [7, 11) is 1.49. The third kappa shape index (κ3) is 17.0. The second-order valence-corrected chi connectivity index (χ2v) is 27.0. The molecule has 0 aromatic heterocycles. The lowest BCUT2D eigenvalue weighted by molar-refractivity contribution is -0.333. The molecular weight excluding hydrogens is 1400 g/mol. The lowest BCUT2D eigenvalue weighted by Gasteiger charge is -2.47. The summed E-state index contributed by atoms with van der Waals surface area (Å²) in [5.41, 5.74) is 17.5. The predicted molar refractivity (Wildman–Crippen MR) is 360 cm³/mol. The van der Waals surface area contributed by atoms with Gasteiger partial charge in [-0.1, -0.05) is 55.2 Å². The van der Waals surface area contributed by atoms with Crippen LogP contribution in [0.4, 0.5) is 0 Å². The summed E-state index contributed by atoms with van der Waals surface area (Å²) in [4.78, 5) is 111. The van der Waals surface area contributed by atoms with Gasteiger partial charge in [0.05, 0.1) is 47.4 Å². The Hall–Kier alpha value is -9.04. The van der Waals surface area contributed by atoms with Crippen molar-refractivity contribution in [3.8, 4) is 57.1 Å². The number of likely N-dealkylation sites (N-methyl/N-ethyl adjacent to an activating group) is 1. The van der Waals surface area contributed by atoms with Crippen LogP contribution in [-0.4, -0.2) is 191 Å². The number of carboxylic acid groups (broad SMARTS) is 1. The molecule has 1 radical (unpaired) electrons. The number of hydrogen-bond acceptors (Lipinski definition) is 25. The Bertz CT molecular complexity index is 4110. The maximum atomic E-state index is 15.1. The number of ether oxygens (including phenoxy) is 6. The van der Waals surface area contributed by atoms with Crippen molar-refractivity contribution >= 4 is 70.4 Å². The highest BCUT2D eigenvalue weighted by atomic mass is 35.5. The van der Waals surface area contributed by atoms with Crippen LogP contribution in [0.25, 0.3) is 11.1 Å². The molecule has 5 heterocycles. The zero-order chi connectivity index (χ0) is 75.7. The number of phenols is 3. The Morgan fingerprint density at radius 1 is 0.806 bits per heavy atom. The van der Waals surface area contributed by atoms with E-state index in [0.29, 0.717) is 0 Å². The van der Waals surface area contributed by atoms with Crippen LogP contribution in [0.2, 0.25) is 10.0 Å². The Kier molecular flexibility index (Phi) is 24.2. The highest BCUT2D eigenvalue weighted by molar-refractivity contribution is 6.32. The molecule has 5 aliphatic rings. The van der Waals surface area contributed by atoms with Crippen molar-refractivity contribution in [1.82, 2.24) is 37.6 Å². The number of rotatable bonds is 20. The molecule has 2 fully saturated rings. The van der Waals surface area contributed by atoms with Crippen molar-refractivity contribution < 1.29 is 118 Å². The Morgan fingerprint density at radius 2 is 1.50 bits per heavy atom.